The van der Waals surface area contributed by atoms with Crippen molar-refractivity contribution >= 4 is 17.9 Å². The van der Waals surface area contributed by atoms with E-state index in [9.17, 15) is 4.79 Å². The Morgan fingerprint density at radius 3 is 1.92 bits per heavy atom. The summed E-state index contributed by atoms with van der Waals surface area (Å²) in [6.45, 7) is 0.726. The standard InChI is InChI=1S/C21H17ClO3/c22-19-11-18(13-23)12-20(24-14-16-7-3-1-4-8-16)21(19)25-15-17-9-5-2-6-10-17/h1-13H,14-15H2. The van der Waals surface area contributed by atoms with E-state index in [1.165, 1.54) is 0 Å². The van der Waals surface area contributed by atoms with Crippen LogP contribution in [0.4, 0.5) is 0 Å². The SMILES string of the molecule is O=Cc1cc(Cl)c(OCc2ccccc2)c(OCc2ccccc2)c1. The third kappa shape index (κ3) is 4.61. The molecule has 4 heteroatoms. The van der Waals surface area contributed by atoms with Crippen molar-refractivity contribution in [1.82, 2.24) is 0 Å². The molecule has 0 atom stereocenters. The number of aldehydes is 1. The summed E-state index contributed by atoms with van der Waals surface area (Å²) in [5.41, 5.74) is 2.48. The highest BCUT2D eigenvalue weighted by atomic mass is 35.5. The minimum atomic E-state index is 0.351. The zero-order valence-corrected chi connectivity index (χ0v) is 14.3. The van der Waals surface area contributed by atoms with Crippen molar-refractivity contribution in [1.29, 1.82) is 0 Å². The van der Waals surface area contributed by atoms with Gasteiger partial charge >= 0.3 is 0 Å². The van der Waals surface area contributed by atoms with Gasteiger partial charge in [-0.3, -0.25) is 4.79 Å². The van der Waals surface area contributed by atoms with Gasteiger partial charge in [0.25, 0.3) is 0 Å². The molecule has 0 unspecified atom stereocenters. The Morgan fingerprint density at radius 2 is 1.36 bits per heavy atom. The van der Waals surface area contributed by atoms with Gasteiger partial charge < -0.3 is 9.47 Å². The second-order valence-corrected chi connectivity index (χ2v) is 5.90. The summed E-state index contributed by atoms with van der Waals surface area (Å²) in [5, 5.41) is 0.351. The average molecular weight is 353 g/mol. The lowest BCUT2D eigenvalue weighted by Crippen LogP contribution is -2.02. The molecule has 0 saturated carbocycles. The molecule has 0 fully saturated rings. The molecular formula is C21H17ClO3. The van der Waals surface area contributed by atoms with Gasteiger partial charge in [-0.1, -0.05) is 72.3 Å². The lowest BCUT2D eigenvalue weighted by molar-refractivity contribution is 0.112. The first-order valence-electron chi connectivity index (χ1n) is 7.88. The van der Waals surface area contributed by atoms with Crippen LogP contribution in [0.1, 0.15) is 21.5 Å². The van der Waals surface area contributed by atoms with Gasteiger partial charge in [-0.2, -0.15) is 0 Å². The topological polar surface area (TPSA) is 35.5 Å². The van der Waals surface area contributed by atoms with Gasteiger partial charge in [0.05, 0.1) is 5.02 Å². The number of carbonyl (C=O) groups is 1. The van der Waals surface area contributed by atoms with Crippen LogP contribution in [0, 0.1) is 0 Å². The number of carbonyl (C=O) groups excluding carboxylic acids is 1. The molecule has 0 aromatic heterocycles. The number of ether oxygens (including phenoxy) is 2. The van der Waals surface area contributed by atoms with Crippen molar-refractivity contribution in [2.45, 2.75) is 13.2 Å². The molecular weight excluding hydrogens is 336 g/mol. The Hall–Kier alpha value is -2.78. The molecule has 0 spiro atoms. The molecule has 25 heavy (non-hydrogen) atoms. The molecule has 0 amide bonds. The molecule has 3 nitrogen and oxygen atoms in total. The molecule has 0 aliphatic rings. The van der Waals surface area contributed by atoms with Crippen molar-refractivity contribution in [3.8, 4) is 11.5 Å². The molecule has 3 rings (SSSR count). The number of hydrogen-bond acceptors (Lipinski definition) is 3. The smallest absolute Gasteiger partial charge is 0.180 e. The maximum Gasteiger partial charge on any atom is 0.180 e. The van der Waals surface area contributed by atoms with E-state index in [0.717, 1.165) is 17.4 Å². The van der Waals surface area contributed by atoms with Gasteiger partial charge in [0.1, 0.15) is 19.5 Å². The summed E-state index contributed by atoms with van der Waals surface area (Å²) < 4.78 is 11.7. The van der Waals surface area contributed by atoms with Crippen LogP contribution in [-0.4, -0.2) is 6.29 Å². The van der Waals surface area contributed by atoms with Crippen LogP contribution in [0.5, 0.6) is 11.5 Å². The summed E-state index contributed by atoms with van der Waals surface area (Å²) in [7, 11) is 0. The van der Waals surface area contributed by atoms with Crippen molar-refractivity contribution in [2.24, 2.45) is 0 Å². The second kappa shape index (κ2) is 8.36. The van der Waals surface area contributed by atoms with Crippen LogP contribution in [-0.2, 0) is 13.2 Å². The Balaban J connectivity index is 1.81. The molecule has 0 N–H and O–H groups in total. The maximum absolute atomic E-state index is 11.1. The average Bonchev–Trinajstić information content (AvgIpc) is 2.67. The van der Waals surface area contributed by atoms with E-state index in [-0.39, 0.29) is 0 Å². The summed E-state index contributed by atoms with van der Waals surface area (Å²) in [6.07, 6.45) is 0.738. The first-order chi connectivity index (χ1) is 12.3. The van der Waals surface area contributed by atoms with E-state index in [1.807, 2.05) is 60.7 Å². The third-order valence-electron chi connectivity index (χ3n) is 3.63. The van der Waals surface area contributed by atoms with Gasteiger partial charge in [-0.25, -0.2) is 0 Å². The van der Waals surface area contributed by atoms with Crippen molar-refractivity contribution < 1.29 is 14.3 Å². The fraction of sp³-hybridized carbons (Fsp3) is 0.0952. The molecule has 0 radical (unpaired) electrons. The molecule has 3 aromatic carbocycles. The van der Waals surface area contributed by atoms with E-state index < -0.39 is 0 Å². The van der Waals surface area contributed by atoms with Crippen LogP contribution in [0.2, 0.25) is 5.02 Å². The van der Waals surface area contributed by atoms with Gasteiger partial charge in [0, 0.05) is 5.56 Å². The normalized spacial score (nSPS) is 10.3. The van der Waals surface area contributed by atoms with E-state index >= 15 is 0 Å². The lowest BCUT2D eigenvalue weighted by Gasteiger charge is -2.15. The van der Waals surface area contributed by atoms with Crippen molar-refractivity contribution in [3.05, 3.63) is 94.5 Å². The monoisotopic (exact) mass is 352 g/mol. The Bertz CT molecular complexity index is 833. The molecule has 0 aliphatic carbocycles. The first kappa shape index (κ1) is 17.1. The Labute approximate surface area is 151 Å². The van der Waals surface area contributed by atoms with Crippen LogP contribution in [0.25, 0.3) is 0 Å². The molecule has 0 heterocycles. The van der Waals surface area contributed by atoms with E-state index in [4.69, 9.17) is 21.1 Å². The highest BCUT2D eigenvalue weighted by molar-refractivity contribution is 6.32. The Morgan fingerprint density at radius 1 is 0.800 bits per heavy atom. The second-order valence-electron chi connectivity index (χ2n) is 5.50. The third-order valence-corrected chi connectivity index (χ3v) is 3.91. The van der Waals surface area contributed by atoms with Gasteiger partial charge in [-0.05, 0) is 23.3 Å². The number of halogens is 1. The summed E-state index contributed by atoms with van der Waals surface area (Å²) in [4.78, 5) is 11.1. The zero-order chi connectivity index (χ0) is 17.5. The molecule has 3 aromatic rings. The lowest BCUT2D eigenvalue weighted by atomic mass is 10.2. The highest BCUT2D eigenvalue weighted by Crippen LogP contribution is 2.37. The minimum absolute atomic E-state index is 0.351. The fourth-order valence-corrected chi connectivity index (χ4v) is 2.64. The summed E-state index contributed by atoms with van der Waals surface area (Å²) in [6, 6.07) is 22.8. The molecule has 0 bridgehead atoms. The molecule has 0 saturated heterocycles. The number of rotatable bonds is 7. The Kier molecular flexibility index (Phi) is 5.70. The summed E-state index contributed by atoms with van der Waals surface area (Å²) >= 11 is 6.30. The minimum Gasteiger partial charge on any atom is -0.485 e. The zero-order valence-electron chi connectivity index (χ0n) is 13.5. The molecule has 0 aliphatic heterocycles. The highest BCUT2D eigenvalue weighted by Gasteiger charge is 2.13. The van der Waals surface area contributed by atoms with E-state index in [2.05, 4.69) is 0 Å². The largest absolute Gasteiger partial charge is 0.485 e. The molecule has 126 valence electrons. The van der Waals surface area contributed by atoms with Gasteiger partial charge in [0.2, 0.25) is 0 Å². The van der Waals surface area contributed by atoms with Gasteiger partial charge in [-0.15, -0.1) is 0 Å². The van der Waals surface area contributed by atoms with Crippen LogP contribution in [0.15, 0.2) is 72.8 Å². The number of hydrogen-bond donors (Lipinski definition) is 0. The van der Waals surface area contributed by atoms with E-state index in [0.29, 0.717) is 35.3 Å². The van der Waals surface area contributed by atoms with E-state index in [1.54, 1.807) is 12.1 Å². The van der Waals surface area contributed by atoms with Crippen LogP contribution < -0.4 is 9.47 Å². The van der Waals surface area contributed by atoms with Crippen LogP contribution >= 0.6 is 11.6 Å². The predicted molar refractivity (Wildman–Crippen MR) is 98.4 cm³/mol. The predicted octanol–water partition coefficient (Wildman–Crippen LogP) is 5.31. The number of benzene rings is 3. The van der Waals surface area contributed by atoms with Crippen molar-refractivity contribution in [2.75, 3.05) is 0 Å². The van der Waals surface area contributed by atoms with Gasteiger partial charge in [0.15, 0.2) is 11.5 Å². The fourth-order valence-electron chi connectivity index (χ4n) is 2.37. The first-order valence-corrected chi connectivity index (χ1v) is 8.26. The maximum atomic E-state index is 11.1. The van der Waals surface area contributed by atoms with Crippen LogP contribution in [0.3, 0.4) is 0 Å². The quantitative estimate of drug-likeness (QED) is 0.540. The summed E-state index contributed by atoms with van der Waals surface area (Å²) in [5.74, 6) is 0.890. The van der Waals surface area contributed by atoms with Crippen molar-refractivity contribution in [3.63, 3.8) is 0 Å².